The van der Waals surface area contributed by atoms with Crippen LogP contribution in [0, 0.1) is 11.7 Å². The summed E-state index contributed by atoms with van der Waals surface area (Å²) in [5.74, 6) is -0.342. The van der Waals surface area contributed by atoms with Crippen LogP contribution < -0.4 is 14.8 Å². The maximum atomic E-state index is 13.2. The van der Waals surface area contributed by atoms with Gasteiger partial charge in [-0.05, 0) is 42.2 Å². The molecular weight excluding hydrogens is 420 g/mol. The van der Waals surface area contributed by atoms with E-state index in [-0.39, 0.29) is 17.5 Å². The van der Waals surface area contributed by atoms with E-state index in [1.165, 1.54) is 25.3 Å². The van der Waals surface area contributed by atoms with Gasteiger partial charge in [0.2, 0.25) is 0 Å². The average molecular weight is 444 g/mol. The molecule has 1 atom stereocenters. The zero-order chi connectivity index (χ0) is 21.6. The molecule has 8 heteroatoms. The first-order valence-corrected chi connectivity index (χ1v) is 9.86. The van der Waals surface area contributed by atoms with Gasteiger partial charge in [0, 0.05) is 12.1 Å². The number of halogens is 3. The summed E-state index contributed by atoms with van der Waals surface area (Å²) in [4.78, 5) is 11.4. The smallest absolute Gasteiger partial charge is 0.320 e. The molecule has 2 rings (SSSR count). The van der Waals surface area contributed by atoms with E-state index in [1.807, 2.05) is 13.8 Å². The number of carboxylic acids is 1. The van der Waals surface area contributed by atoms with Crippen molar-refractivity contribution in [2.75, 3.05) is 7.11 Å². The topological polar surface area (TPSA) is 67.8 Å². The lowest BCUT2D eigenvalue weighted by molar-refractivity contribution is -0.140. The van der Waals surface area contributed by atoms with Gasteiger partial charge in [0.1, 0.15) is 18.5 Å². The van der Waals surface area contributed by atoms with Crippen molar-refractivity contribution in [3.8, 4) is 11.5 Å². The van der Waals surface area contributed by atoms with E-state index in [9.17, 15) is 14.3 Å². The van der Waals surface area contributed by atoms with E-state index >= 15 is 0 Å². The molecule has 0 spiro atoms. The molecule has 158 valence electrons. The minimum atomic E-state index is -0.895. The monoisotopic (exact) mass is 443 g/mol. The zero-order valence-electron chi connectivity index (χ0n) is 16.5. The van der Waals surface area contributed by atoms with Crippen LogP contribution in [-0.4, -0.2) is 24.2 Å². The molecule has 0 bridgehead atoms. The number of ether oxygens (including phenoxy) is 2. The number of carbonyl (C=O) groups is 1. The predicted octanol–water partition coefficient (Wildman–Crippen LogP) is 5.31. The third kappa shape index (κ3) is 6.77. The Morgan fingerprint density at radius 3 is 2.52 bits per heavy atom. The molecule has 0 heterocycles. The summed E-state index contributed by atoms with van der Waals surface area (Å²) in [6.45, 7) is 4.33. The Morgan fingerprint density at radius 1 is 1.21 bits per heavy atom. The number of hydrogen-bond acceptors (Lipinski definition) is 4. The second kappa shape index (κ2) is 10.7. The Balaban J connectivity index is 2.12. The van der Waals surface area contributed by atoms with Crippen molar-refractivity contribution in [3.63, 3.8) is 0 Å². The van der Waals surface area contributed by atoms with Crippen LogP contribution in [0.3, 0.4) is 0 Å². The van der Waals surface area contributed by atoms with Crippen LogP contribution in [0.1, 0.15) is 31.4 Å². The van der Waals surface area contributed by atoms with Crippen LogP contribution >= 0.6 is 23.2 Å². The summed E-state index contributed by atoms with van der Waals surface area (Å²) in [5.41, 5.74) is 1.36. The molecule has 29 heavy (non-hydrogen) atoms. The predicted molar refractivity (Wildman–Crippen MR) is 111 cm³/mol. The van der Waals surface area contributed by atoms with Gasteiger partial charge in [-0.1, -0.05) is 43.1 Å². The number of nitrogens with one attached hydrogen (secondary N) is 1. The first-order chi connectivity index (χ1) is 13.7. The standard InChI is InChI=1S/C21H24Cl2FNO4/c1-12(2)6-18(21(26)27)25-10-13-7-17(23)20(19(8-13)28-3)29-11-14-4-5-15(24)9-16(14)22/h4-5,7-9,12,18,25H,6,10-11H2,1-3H3,(H,26,27). The van der Waals surface area contributed by atoms with Crippen molar-refractivity contribution >= 4 is 29.2 Å². The van der Waals surface area contributed by atoms with Gasteiger partial charge in [-0.2, -0.15) is 0 Å². The van der Waals surface area contributed by atoms with Crippen molar-refractivity contribution in [1.29, 1.82) is 0 Å². The molecule has 2 aromatic carbocycles. The SMILES string of the molecule is COc1cc(CNC(CC(C)C)C(=O)O)cc(Cl)c1OCc1ccc(F)cc1Cl. The van der Waals surface area contributed by atoms with Crippen LogP contribution in [0.2, 0.25) is 10.0 Å². The third-order valence-electron chi connectivity index (χ3n) is 4.23. The fraction of sp³-hybridized carbons (Fsp3) is 0.381. The highest BCUT2D eigenvalue weighted by molar-refractivity contribution is 6.32. The number of methoxy groups -OCH3 is 1. The normalized spacial score (nSPS) is 12.1. The molecule has 0 aliphatic heterocycles. The van der Waals surface area contributed by atoms with E-state index < -0.39 is 17.8 Å². The first kappa shape index (κ1) is 23.3. The second-order valence-corrected chi connectivity index (χ2v) is 7.85. The van der Waals surface area contributed by atoms with Gasteiger partial charge in [-0.15, -0.1) is 0 Å². The molecule has 0 amide bonds. The van der Waals surface area contributed by atoms with Crippen LogP contribution in [-0.2, 0) is 17.9 Å². The summed E-state index contributed by atoms with van der Waals surface area (Å²) in [7, 11) is 1.49. The van der Waals surface area contributed by atoms with Crippen molar-refractivity contribution < 1.29 is 23.8 Å². The van der Waals surface area contributed by atoms with Crippen LogP contribution in [0.15, 0.2) is 30.3 Å². The lowest BCUT2D eigenvalue weighted by atomic mass is 10.0. The first-order valence-electron chi connectivity index (χ1n) is 9.10. The van der Waals surface area contributed by atoms with Crippen molar-refractivity contribution in [2.24, 2.45) is 5.92 Å². The van der Waals surface area contributed by atoms with Crippen molar-refractivity contribution in [1.82, 2.24) is 5.32 Å². The summed E-state index contributed by atoms with van der Waals surface area (Å²) in [5, 5.41) is 12.9. The van der Waals surface area contributed by atoms with Gasteiger partial charge < -0.3 is 19.9 Å². The number of aliphatic carboxylic acids is 1. The summed E-state index contributed by atoms with van der Waals surface area (Å²) in [6, 6.07) is 6.81. The molecule has 2 N–H and O–H groups in total. The molecule has 5 nitrogen and oxygen atoms in total. The highest BCUT2D eigenvalue weighted by atomic mass is 35.5. The Bertz CT molecular complexity index is 861. The second-order valence-electron chi connectivity index (χ2n) is 7.03. The molecule has 0 aliphatic rings. The highest BCUT2D eigenvalue weighted by Crippen LogP contribution is 2.37. The third-order valence-corrected chi connectivity index (χ3v) is 4.87. The van der Waals surface area contributed by atoms with E-state index in [2.05, 4.69) is 5.32 Å². The number of benzene rings is 2. The van der Waals surface area contributed by atoms with E-state index in [0.29, 0.717) is 35.1 Å². The van der Waals surface area contributed by atoms with Gasteiger partial charge in [-0.25, -0.2) is 4.39 Å². The molecular formula is C21H24Cl2FNO4. The molecule has 0 aromatic heterocycles. The van der Waals surface area contributed by atoms with Crippen molar-refractivity contribution in [2.45, 2.75) is 39.5 Å². The zero-order valence-corrected chi connectivity index (χ0v) is 18.0. The Kier molecular flexibility index (Phi) is 8.56. The lowest BCUT2D eigenvalue weighted by Gasteiger charge is -2.18. The Labute approximate surface area is 179 Å². The van der Waals surface area contributed by atoms with E-state index in [1.54, 1.807) is 12.1 Å². The number of hydrogen-bond donors (Lipinski definition) is 2. The highest BCUT2D eigenvalue weighted by Gasteiger charge is 2.19. The minimum absolute atomic E-state index is 0.0856. The summed E-state index contributed by atoms with van der Waals surface area (Å²) < 4.78 is 24.3. The van der Waals surface area contributed by atoms with Crippen LogP contribution in [0.4, 0.5) is 4.39 Å². The van der Waals surface area contributed by atoms with E-state index in [4.69, 9.17) is 32.7 Å². The molecule has 1 unspecified atom stereocenters. The molecule has 0 radical (unpaired) electrons. The summed E-state index contributed by atoms with van der Waals surface area (Å²) >= 11 is 12.4. The molecule has 0 fully saturated rings. The van der Waals surface area contributed by atoms with Crippen molar-refractivity contribution in [3.05, 3.63) is 57.3 Å². The van der Waals surface area contributed by atoms with Gasteiger partial charge in [0.05, 0.1) is 17.2 Å². The number of carboxylic acid groups (broad SMARTS) is 1. The Morgan fingerprint density at radius 2 is 1.93 bits per heavy atom. The van der Waals surface area contributed by atoms with Gasteiger partial charge in [0.15, 0.2) is 11.5 Å². The largest absolute Gasteiger partial charge is 0.493 e. The Hall–Kier alpha value is -2.02. The number of rotatable bonds is 10. The summed E-state index contributed by atoms with van der Waals surface area (Å²) in [6.07, 6.45) is 0.514. The fourth-order valence-electron chi connectivity index (χ4n) is 2.79. The molecule has 0 aliphatic carbocycles. The van der Waals surface area contributed by atoms with Gasteiger partial charge in [0.25, 0.3) is 0 Å². The van der Waals surface area contributed by atoms with Gasteiger partial charge >= 0.3 is 5.97 Å². The van der Waals surface area contributed by atoms with Gasteiger partial charge in [-0.3, -0.25) is 4.79 Å². The molecule has 0 saturated heterocycles. The average Bonchev–Trinajstić information content (AvgIpc) is 2.64. The maximum Gasteiger partial charge on any atom is 0.320 e. The molecule has 0 saturated carbocycles. The minimum Gasteiger partial charge on any atom is -0.493 e. The quantitative estimate of drug-likeness (QED) is 0.520. The van der Waals surface area contributed by atoms with E-state index in [0.717, 1.165) is 5.56 Å². The maximum absolute atomic E-state index is 13.2. The van der Waals surface area contributed by atoms with Crippen LogP contribution in [0.5, 0.6) is 11.5 Å². The van der Waals surface area contributed by atoms with Crippen LogP contribution in [0.25, 0.3) is 0 Å². The lowest BCUT2D eigenvalue weighted by Crippen LogP contribution is -2.37. The molecule has 2 aromatic rings. The fourth-order valence-corrected chi connectivity index (χ4v) is 3.30.